The molecule has 114 valence electrons. The van der Waals surface area contributed by atoms with Crippen molar-refractivity contribution in [1.82, 2.24) is 9.13 Å². The van der Waals surface area contributed by atoms with Crippen LogP contribution in [0.15, 0.2) is 9.59 Å². The molecular formula is C13H24N4O3. The summed E-state index contributed by atoms with van der Waals surface area (Å²) in [4.78, 5) is 24.0. The lowest BCUT2D eigenvalue weighted by Crippen LogP contribution is -2.40. The summed E-state index contributed by atoms with van der Waals surface area (Å²) >= 11 is 0. The number of anilines is 2. The third kappa shape index (κ3) is 3.63. The van der Waals surface area contributed by atoms with E-state index >= 15 is 0 Å². The molecule has 0 bridgehead atoms. The van der Waals surface area contributed by atoms with Gasteiger partial charge in [-0.15, -0.1) is 0 Å². The van der Waals surface area contributed by atoms with Gasteiger partial charge in [-0.2, -0.15) is 0 Å². The van der Waals surface area contributed by atoms with Crippen molar-refractivity contribution in [1.29, 1.82) is 0 Å². The summed E-state index contributed by atoms with van der Waals surface area (Å²) in [6.45, 7) is 3.19. The van der Waals surface area contributed by atoms with Gasteiger partial charge in [0.1, 0.15) is 11.5 Å². The van der Waals surface area contributed by atoms with Crippen LogP contribution in [0.3, 0.4) is 0 Å². The zero-order valence-electron chi connectivity index (χ0n) is 12.2. The van der Waals surface area contributed by atoms with Gasteiger partial charge in [0, 0.05) is 26.7 Å². The quantitative estimate of drug-likeness (QED) is 0.588. The molecule has 4 N–H and O–H groups in total. The number of aromatic nitrogens is 2. The summed E-state index contributed by atoms with van der Waals surface area (Å²) in [5.74, 6) is 0.196. The second-order valence-corrected chi connectivity index (χ2v) is 4.77. The Kier molecular flexibility index (Phi) is 6.30. The van der Waals surface area contributed by atoms with Crippen LogP contribution in [0.5, 0.6) is 0 Å². The Balaban J connectivity index is 2.95. The Bertz CT molecular complexity index is 548. The molecule has 20 heavy (non-hydrogen) atoms. The summed E-state index contributed by atoms with van der Waals surface area (Å²) in [5, 5.41) is 11.7. The number of rotatable bonds is 8. The average Bonchev–Trinajstić information content (AvgIpc) is 2.44. The molecule has 7 nitrogen and oxygen atoms in total. The summed E-state index contributed by atoms with van der Waals surface area (Å²) in [6.07, 6.45) is 3.21. The van der Waals surface area contributed by atoms with Crippen molar-refractivity contribution < 1.29 is 5.11 Å². The maximum atomic E-state index is 12.1. The molecule has 0 aliphatic carbocycles. The van der Waals surface area contributed by atoms with Gasteiger partial charge in [0.15, 0.2) is 0 Å². The Morgan fingerprint density at radius 1 is 1.25 bits per heavy atom. The van der Waals surface area contributed by atoms with E-state index in [1.54, 1.807) is 0 Å². The van der Waals surface area contributed by atoms with E-state index in [4.69, 9.17) is 10.8 Å². The van der Waals surface area contributed by atoms with Crippen LogP contribution < -0.4 is 22.3 Å². The maximum absolute atomic E-state index is 12.1. The molecule has 0 unspecified atom stereocenters. The first kappa shape index (κ1) is 16.3. The molecule has 0 atom stereocenters. The standard InChI is InChI=1S/C13H24N4O3/c1-3-8-17-11(14)10(12(19)16(2)13(17)20)15-7-5-4-6-9-18/h15,18H,3-9,14H2,1-2H3. The van der Waals surface area contributed by atoms with Crippen LogP contribution >= 0.6 is 0 Å². The van der Waals surface area contributed by atoms with E-state index in [9.17, 15) is 9.59 Å². The van der Waals surface area contributed by atoms with Gasteiger partial charge in [-0.05, 0) is 25.7 Å². The number of nitrogens with two attached hydrogens (primary N) is 1. The van der Waals surface area contributed by atoms with Gasteiger partial charge < -0.3 is 16.2 Å². The Labute approximate surface area is 118 Å². The lowest BCUT2D eigenvalue weighted by atomic mass is 10.2. The number of hydrogen-bond donors (Lipinski definition) is 3. The predicted octanol–water partition coefficient (Wildman–Crippen LogP) is 0.114. The number of aliphatic hydroxyl groups is 1. The minimum Gasteiger partial charge on any atom is -0.396 e. The second-order valence-electron chi connectivity index (χ2n) is 4.77. The van der Waals surface area contributed by atoms with Gasteiger partial charge in [0.05, 0.1) is 0 Å². The molecule has 1 rings (SSSR count). The maximum Gasteiger partial charge on any atom is 0.332 e. The normalized spacial score (nSPS) is 10.8. The first-order valence-corrected chi connectivity index (χ1v) is 6.98. The Morgan fingerprint density at radius 2 is 1.95 bits per heavy atom. The Morgan fingerprint density at radius 3 is 2.55 bits per heavy atom. The fraction of sp³-hybridized carbons (Fsp3) is 0.692. The largest absolute Gasteiger partial charge is 0.396 e. The molecule has 0 saturated carbocycles. The zero-order valence-corrected chi connectivity index (χ0v) is 12.2. The van der Waals surface area contributed by atoms with Gasteiger partial charge in [-0.3, -0.25) is 13.9 Å². The van der Waals surface area contributed by atoms with E-state index in [1.165, 1.54) is 11.6 Å². The van der Waals surface area contributed by atoms with E-state index < -0.39 is 5.56 Å². The van der Waals surface area contributed by atoms with Crippen LogP contribution in [0.4, 0.5) is 11.5 Å². The number of unbranched alkanes of at least 4 members (excludes halogenated alkanes) is 2. The monoisotopic (exact) mass is 284 g/mol. The first-order valence-electron chi connectivity index (χ1n) is 6.98. The van der Waals surface area contributed by atoms with Crippen molar-refractivity contribution in [3.63, 3.8) is 0 Å². The molecule has 0 radical (unpaired) electrons. The summed E-state index contributed by atoms with van der Waals surface area (Å²) < 4.78 is 2.49. The summed E-state index contributed by atoms with van der Waals surface area (Å²) in [6, 6.07) is 0. The molecule has 1 aromatic heterocycles. The molecule has 0 aromatic carbocycles. The number of aliphatic hydroxyl groups excluding tert-OH is 1. The van der Waals surface area contributed by atoms with Crippen LogP contribution in [0.1, 0.15) is 32.6 Å². The van der Waals surface area contributed by atoms with Crippen molar-refractivity contribution in [2.24, 2.45) is 7.05 Å². The molecule has 0 fully saturated rings. The number of nitrogen functional groups attached to an aromatic ring is 1. The Hall–Kier alpha value is -1.76. The van der Waals surface area contributed by atoms with Crippen LogP contribution in [-0.2, 0) is 13.6 Å². The lowest BCUT2D eigenvalue weighted by Gasteiger charge is -2.15. The zero-order chi connectivity index (χ0) is 15.1. The number of nitrogens with one attached hydrogen (secondary N) is 1. The third-order valence-electron chi connectivity index (χ3n) is 3.17. The topological polar surface area (TPSA) is 102 Å². The van der Waals surface area contributed by atoms with E-state index in [0.29, 0.717) is 13.1 Å². The van der Waals surface area contributed by atoms with Crippen molar-refractivity contribution in [3.8, 4) is 0 Å². The minimum absolute atomic E-state index is 0.172. The molecule has 1 heterocycles. The van der Waals surface area contributed by atoms with Crippen LogP contribution in [0.2, 0.25) is 0 Å². The average molecular weight is 284 g/mol. The van der Waals surface area contributed by atoms with Crippen LogP contribution in [0.25, 0.3) is 0 Å². The number of nitrogens with zero attached hydrogens (tertiary/aromatic N) is 2. The molecule has 0 saturated heterocycles. The van der Waals surface area contributed by atoms with Crippen molar-refractivity contribution in [2.45, 2.75) is 39.2 Å². The second kappa shape index (κ2) is 7.74. The van der Waals surface area contributed by atoms with Crippen LogP contribution in [-0.4, -0.2) is 27.4 Å². The number of hydrogen-bond acceptors (Lipinski definition) is 5. The van der Waals surface area contributed by atoms with Crippen LogP contribution in [0, 0.1) is 0 Å². The van der Waals surface area contributed by atoms with E-state index in [2.05, 4.69) is 5.32 Å². The lowest BCUT2D eigenvalue weighted by molar-refractivity contribution is 0.283. The highest BCUT2D eigenvalue weighted by molar-refractivity contribution is 5.60. The van der Waals surface area contributed by atoms with Crippen molar-refractivity contribution >= 4 is 11.5 Å². The highest BCUT2D eigenvalue weighted by Gasteiger charge is 2.14. The minimum atomic E-state index is -0.401. The molecule has 0 amide bonds. The molecule has 7 heteroatoms. The molecule has 1 aromatic rings. The SMILES string of the molecule is CCCn1c(N)c(NCCCCCO)c(=O)n(C)c1=O. The highest BCUT2D eigenvalue weighted by atomic mass is 16.3. The highest BCUT2D eigenvalue weighted by Crippen LogP contribution is 2.11. The predicted molar refractivity (Wildman–Crippen MR) is 80.1 cm³/mol. The van der Waals surface area contributed by atoms with E-state index in [-0.39, 0.29) is 23.8 Å². The molecule has 0 aliphatic rings. The fourth-order valence-corrected chi connectivity index (χ4v) is 2.02. The molecule has 0 aliphatic heterocycles. The van der Waals surface area contributed by atoms with Gasteiger partial charge in [-0.25, -0.2) is 4.79 Å². The molecular weight excluding hydrogens is 260 g/mol. The van der Waals surface area contributed by atoms with E-state index in [0.717, 1.165) is 30.3 Å². The smallest absolute Gasteiger partial charge is 0.332 e. The molecule has 0 spiro atoms. The first-order chi connectivity index (χ1) is 9.54. The summed E-state index contributed by atoms with van der Waals surface area (Å²) in [7, 11) is 1.45. The van der Waals surface area contributed by atoms with E-state index in [1.807, 2.05) is 6.92 Å². The third-order valence-corrected chi connectivity index (χ3v) is 3.17. The van der Waals surface area contributed by atoms with Gasteiger partial charge >= 0.3 is 5.69 Å². The van der Waals surface area contributed by atoms with Gasteiger partial charge in [-0.1, -0.05) is 6.92 Å². The summed E-state index contributed by atoms with van der Waals surface area (Å²) in [5.41, 5.74) is 5.42. The fourth-order valence-electron chi connectivity index (χ4n) is 2.02. The van der Waals surface area contributed by atoms with Crippen molar-refractivity contribution in [2.75, 3.05) is 24.2 Å². The van der Waals surface area contributed by atoms with Gasteiger partial charge in [0.2, 0.25) is 0 Å². The van der Waals surface area contributed by atoms with Gasteiger partial charge in [0.25, 0.3) is 5.56 Å². The van der Waals surface area contributed by atoms with Crippen molar-refractivity contribution in [3.05, 3.63) is 20.8 Å².